The van der Waals surface area contributed by atoms with Crippen molar-refractivity contribution >= 4 is 33.4 Å². The van der Waals surface area contributed by atoms with Gasteiger partial charge in [0.25, 0.3) is 0 Å². The van der Waals surface area contributed by atoms with Crippen molar-refractivity contribution in [3.63, 3.8) is 0 Å². The van der Waals surface area contributed by atoms with Crippen molar-refractivity contribution in [3.05, 3.63) is 247 Å². The average molecular weight is 832 g/mol. The second kappa shape index (κ2) is 14.6. The summed E-state index contributed by atoms with van der Waals surface area (Å²) in [4.78, 5) is 18.2. The highest BCUT2D eigenvalue weighted by Crippen LogP contribution is 2.62. The molecular weight excluding hydrogens is 795 g/mol. The first-order valence-electron chi connectivity index (χ1n) is 21.8. The molecule has 0 saturated heterocycles. The van der Waals surface area contributed by atoms with Crippen LogP contribution in [0.25, 0.3) is 89.1 Å². The molecular formula is C60H37N3S. The highest BCUT2D eigenvalue weighted by Gasteiger charge is 2.50. The lowest BCUT2D eigenvalue weighted by Crippen LogP contribution is -2.32. The summed E-state index contributed by atoms with van der Waals surface area (Å²) in [6, 6.07) is 80.9. The first-order chi connectivity index (χ1) is 31.7. The van der Waals surface area contributed by atoms with Crippen LogP contribution in [0.15, 0.2) is 234 Å². The molecule has 9 aromatic carbocycles. The molecule has 2 aliphatic rings. The maximum atomic E-state index is 5.48. The number of nitrogens with zero attached hydrogens (tertiary/aromatic N) is 3. The number of benzene rings is 9. The molecule has 0 bridgehead atoms. The summed E-state index contributed by atoms with van der Waals surface area (Å²) in [5, 5.41) is 3.46. The van der Waals surface area contributed by atoms with Gasteiger partial charge in [0, 0.05) is 42.8 Å². The zero-order valence-corrected chi connectivity index (χ0v) is 35.4. The van der Waals surface area contributed by atoms with Gasteiger partial charge in [-0.3, -0.25) is 0 Å². The predicted molar refractivity (Wildman–Crippen MR) is 263 cm³/mol. The molecule has 3 nitrogen and oxygen atoms in total. The van der Waals surface area contributed by atoms with Gasteiger partial charge in [-0.1, -0.05) is 194 Å². The summed E-state index contributed by atoms with van der Waals surface area (Å²) in [6.45, 7) is 0. The minimum Gasteiger partial charge on any atom is -0.247 e. The first-order valence-corrected chi connectivity index (χ1v) is 22.6. The summed E-state index contributed by atoms with van der Waals surface area (Å²) in [7, 11) is 0. The van der Waals surface area contributed by atoms with Gasteiger partial charge in [0.05, 0.1) is 28.0 Å². The van der Waals surface area contributed by atoms with Crippen molar-refractivity contribution in [2.24, 2.45) is 0 Å². The van der Waals surface area contributed by atoms with Crippen molar-refractivity contribution in [2.75, 3.05) is 0 Å². The number of hydrogen-bond acceptors (Lipinski definition) is 4. The second-order valence-corrected chi connectivity index (χ2v) is 17.8. The summed E-state index contributed by atoms with van der Waals surface area (Å²) >= 11 is 1.88. The minimum absolute atomic E-state index is 0.484. The van der Waals surface area contributed by atoms with E-state index in [4.69, 9.17) is 15.0 Å². The fourth-order valence-electron chi connectivity index (χ4n) is 10.3. The average Bonchev–Trinajstić information content (AvgIpc) is 3.66. The van der Waals surface area contributed by atoms with E-state index < -0.39 is 5.41 Å². The zero-order valence-electron chi connectivity index (χ0n) is 34.6. The molecule has 64 heavy (non-hydrogen) atoms. The van der Waals surface area contributed by atoms with E-state index in [1.807, 2.05) is 36.0 Å². The molecule has 0 saturated carbocycles. The fourth-order valence-corrected chi connectivity index (χ4v) is 11.5. The normalized spacial score (nSPS) is 13.1. The third kappa shape index (κ3) is 5.66. The minimum atomic E-state index is -0.484. The van der Waals surface area contributed by atoms with Crippen molar-refractivity contribution in [2.45, 2.75) is 15.2 Å². The van der Waals surface area contributed by atoms with E-state index in [1.54, 1.807) is 0 Å². The molecule has 0 amide bonds. The van der Waals surface area contributed by atoms with Crippen LogP contribution in [0, 0.1) is 0 Å². The summed E-state index contributed by atoms with van der Waals surface area (Å²) in [5.74, 6) is 0.703. The van der Waals surface area contributed by atoms with E-state index in [0.29, 0.717) is 5.82 Å². The molecule has 0 atom stereocenters. The molecule has 1 aliphatic heterocycles. The van der Waals surface area contributed by atoms with Crippen molar-refractivity contribution < 1.29 is 0 Å². The van der Waals surface area contributed by atoms with Crippen LogP contribution in [0.1, 0.15) is 22.3 Å². The van der Waals surface area contributed by atoms with E-state index >= 15 is 0 Å². The second-order valence-electron chi connectivity index (χ2n) is 16.7. The molecule has 3 heterocycles. The first kappa shape index (κ1) is 36.7. The van der Waals surface area contributed by atoms with Crippen LogP contribution in [-0.2, 0) is 5.41 Å². The lowest BCUT2D eigenvalue weighted by molar-refractivity contribution is 0.724. The summed E-state index contributed by atoms with van der Waals surface area (Å²) < 4.78 is 0. The zero-order chi connectivity index (χ0) is 42.2. The summed E-state index contributed by atoms with van der Waals surface area (Å²) in [5.41, 5.74) is 17.6. The lowest BCUT2D eigenvalue weighted by Gasteiger charge is -2.40. The SMILES string of the molecule is c1ccc(-c2cc(-c3cccc(-c4ccc5nc(-c6ccccc6)c6cc7c(cc6c5c4)C4(c5ccccc5S7)c5ccccc5-c5ccccc54)c3)nc(-c3ccccc3)n2)cc1. The number of fused-ring (bicyclic) bond motifs is 12. The molecule has 4 heteroatoms. The van der Waals surface area contributed by atoms with E-state index in [0.717, 1.165) is 66.8 Å². The third-order valence-corrected chi connectivity index (χ3v) is 14.3. The quantitative estimate of drug-likeness (QED) is 0.162. The van der Waals surface area contributed by atoms with Crippen molar-refractivity contribution in [1.82, 2.24) is 15.0 Å². The van der Waals surface area contributed by atoms with Gasteiger partial charge in [-0.05, 0) is 92.4 Å². The highest BCUT2D eigenvalue weighted by molar-refractivity contribution is 7.99. The Balaban J connectivity index is 1.04. The van der Waals surface area contributed by atoms with Crippen LogP contribution in [0.3, 0.4) is 0 Å². The van der Waals surface area contributed by atoms with Crippen LogP contribution in [0.2, 0.25) is 0 Å². The van der Waals surface area contributed by atoms with Crippen LogP contribution in [0.4, 0.5) is 0 Å². The van der Waals surface area contributed by atoms with Gasteiger partial charge in [-0.25, -0.2) is 15.0 Å². The van der Waals surface area contributed by atoms with Crippen LogP contribution >= 0.6 is 11.8 Å². The Labute approximate surface area is 375 Å². The predicted octanol–water partition coefficient (Wildman–Crippen LogP) is 15.3. The van der Waals surface area contributed by atoms with Gasteiger partial charge in [0.2, 0.25) is 0 Å². The Bertz CT molecular complexity index is 3540. The van der Waals surface area contributed by atoms with Gasteiger partial charge in [-0.2, -0.15) is 0 Å². The van der Waals surface area contributed by atoms with Gasteiger partial charge in [0.1, 0.15) is 0 Å². The molecule has 1 aliphatic carbocycles. The Morgan fingerprint density at radius 3 is 1.59 bits per heavy atom. The number of hydrogen-bond donors (Lipinski definition) is 0. The van der Waals surface area contributed by atoms with Crippen molar-refractivity contribution in [3.8, 4) is 67.4 Å². The lowest BCUT2D eigenvalue weighted by atomic mass is 9.67. The molecule has 0 N–H and O–H groups in total. The fraction of sp³-hybridized carbons (Fsp3) is 0.0167. The molecule has 2 aromatic heterocycles. The molecule has 0 fully saturated rings. The molecule has 11 aromatic rings. The maximum Gasteiger partial charge on any atom is 0.160 e. The maximum absolute atomic E-state index is 5.48. The molecule has 0 radical (unpaired) electrons. The Kier molecular flexibility index (Phi) is 8.37. The van der Waals surface area contributed by atoms with Crippen molar-refractivity contribution in [1.29, 1.82) is 0 Å². The van der Waals surface area contributed by atoms with Gasteiger partial charge >= 0.3 is 0 Å². The topological polar surface area (TPSA) is 38.7 Å². The number of rotatable bonds is 5. The molecule has 0 unspecified atom stereocenters. The Morgan fingerprint density at radius 2 is 0.875 bits per heavy atom. The largest absolute Gasteiger partial charge is 0.247 e. The standard InChI is InChI=1S/C60H37N3S/c1-4-17-38(18-5-1)54-37-55(63-59(62-54)40-21-8-3-9-22-40)43-24-16-23-41(33-43)42-31-32-53-47(34-42)46-35-52-57(36-48(46)58(61-53)39-19-6-2-7-20-39)64-56-30-15-14-29-51(56)60(52)49-27-12-10-25-44(49)45-26-11-13-28-50(45)60/h1-37H. The van der Waals surface area contributed by atoms with E-state index in [1.165, 1.54) is 48.6 Å². The Hall–Kier alpha value is -7.92. The summed E-state index contributed by atoms with van der Waals surface area (Å²) in [6.07, 6.45) is 0. The smallest absolute Gasteiger partial charge is 0.160 e. The van der Waals surface area contributed by atoms with E-state index in [9.17, 15) is 0 Å². The van der Waals surface area contributed by atoms with Gasteiger partial charge < -0.3 is 0 Å². The molecule has 13 rings (SSSR count). The number of aromatic nitrogens is 3. The highest BCUT2D eigenvalue weighted by atomic mass is 32.2. The van der Waals surface area contributed by atoms with Crippen LogP contribution in [0.5, 0.6) is 0 Å². The van der Waals surface area contributed by atoms with E-state index in [2.05, 4.69) is 200 Å². The van der Waals surface area contributed by atoms with Crippen LogP contribution < -0.4 is 0 Å². The van der Waals surface area contributed by atoms with Gasteiger partial charge in [-0.15, -0.1) is 0 Å². The monoisotopic (exact) mass is 831 g/mol. The number of pyridine rings is 1. The van der Waals surface area contributed by atoms with Gasteiger partial charge in [0.15, 0.2) is 5.82 Å². The molecule has 298 valence electrons. The third-order valence-electron chi connectivity index (χ3n) is 13.1. The molecule has 1 spiro atoms. The Morgan fingerprint density at radius 1 is 0.312 bits per heavy atom. The van der Waals surface area contributed by atoms with Crippen LogP contribution in [-0.4, -0.2) is 15.0 Å². The van der Waals surface area contributed by atoms with E-state index in [-0.39, 0.29) is 0 Å².